The first-order valence-corrected chi connectivity index (χ1v) is 9.62. The molecule has 0 aliphatic carbocycles. The topological polar surface area (TPSA) is 69.2 Å². The molecule has 142 valence electrons. The average molecular weight is 373 g/mol. The highest BCUT2D eigenvalue weighted by molar-refractivity contribution is 5.51. The Morgan fingerprint density at radius 1 is 0.857 bits per heavy atom. The van der Waals surface area contributed by atoms with Crippen molar-refractivity contribution < 1.29 is 4.42 Å². The average Bonchev–Trinajstić information content (AvgIpc) is 3.10. The van der Waals surface area contributed by atoms with Crippen LogP contribution in [0.3, 0.4) is 0 Å². The van der Waals surface area contributed by atoms with Gasteiger partial charge in [-0.15, -0.1) is 10.2 Å². The molecular formula is C22H23N5O. The van der Waals surface area contributed by atoms with Crippen LogP contribution in [0.1, 0.15) is 23.4 Å². The van der Waals surface area contributed by atoms with E-state index in [0.29, 0.717) is 23.9 Å². The van der Waals surface area contributed by atoms with E-state index in [9.17, 15) is 0 Å². The van der Waals surface area contributed by atoms with Gasteiger partial charge in [-0.25, -0.2) is 0 Å². The van der Waals surface area contributed by atoms with Crippen molar-refractivity contribution in [1.29, 1.82) is 5.26 Å². The van der Waals surface area contributed by atoms with Gasteiger partial charge in [-0.05, 0) is 49.3 Å². The highest BCUT2D eigenvalue weighted by Gasteiger charge is 2.18. The quantitative estimate of drug-likeness (QED) is 0.683. The van der Waals surface area contributed by atoms with Crippen LogP contribution in [-0.2, 0) is 13.1 Å². The number of nitrogens with zero attached hydrogens (tertiary/aromatic N) is 5. The summed E-state index contributed by atoms with van der Waals surface area (Å²) in [6.45, 7) is 5.66. The fourth-order valence-electron chi connectivity index (χ4n) is 3.49. The van der Waals surface area contributed by atoms with Gasteiger partial charge in [-0.1, -0.05) is 30.3 Å². The minimum absolute atomic E-state index is 0.577. The van der Waals surface area contributed by atoms with Gasteiger partial charge >= 0.3 is 0 Å². The molecule has 0 radical (unpaired) electrons. The Bertz CT molecular complexity index is 930. The standard InChI is InChI=1S/C22H23N5O/c23-15-18-7-9-19(10-8-18)16-26-11-4-12-27(14-13-26)17-21-24-25-22(28-21)20-5-2-1-3-6-20/h1-3,5-10H,4,11-14,16-17H2. The van der Waals surface area contributed by atoms with Crippen molar-refractivity contribution in [3.63, 3.8) is 0 Å². The minimum atomic E-state index is 0.577. The van der Waals surface area contributed by atoms with Crippen molar-refractivity contribution in [3.05, 3.63) is 71.6 Å². The predicted octanol–water partition coefficient (Wildman–Crippen LogP) is 3.32. The van der Waals surface area contributed by atoms with Crippen LogP contribution < -0.4 is 0 Å². The molecule has 0 N–H and O–H groups in total. The maximum absolute atomic E-state index is 8.92. The summed E-state index contributed by atoms with van der Waals surface area (Å²) in [6, 6.07) is 19.9. The van der Waals surface area contributed by atoms with Crippen LogP contribution >= 0.6 is 0 Å². The first-order chi connectivity index (χ1) is 13.8. The molecule has 1 fully saturated rings. The molecule has 0 atom stereocenters. The van der Waals surface area contributed by atoms with Crippen molar-refractivity contribution in [2.45, 2.75) is 19.5 Å². The number of aromatic nitrogens is 2. The largest absolute Gasteiger partial charge is 0.419 e. The van der Waals surface area contributed by atoms with Gasteiger partial charge in [0.15, 0.2) is 0 Å². The second kappa shape index (κ2) is 8.79. The van der Waals surface area contributed by atoms with E-state index in [0.717, 1.165) is 44.7 Å². The van der Waals surface area contributed by atoms with E-state index in [2.05, 4.69) is 26.1 Å². The summed E-state index contributed by atoms with van der Waals surface area (Å²) in [6.07, 6.45) is 1.11. The second-order valence-corrected chi connectivity index (χ2v) is 7.08. The van der Waals surface area contributed by atoms with Crippen molar-refractivity contribution in [2.24, 2.45) is 0 Å². The zero-order valence-electron chi connectivity index (χ0n) is 15.8. The summed E-state index contributed by atoms with van der Waals surface area (Å²) in [5.74, 6) is 1.24. The van der Waals surface area contributed by atoms with Crippen molar-refractivity contribution in [1.82, 2.24) is 20.0 Å². The molecule has 2 heterocycles. The molecule has 0 spiro atoms. The van der Waals surface area contributed by atoms with Crippen LogP contribution in [-0.4, -0.2) is 46.2 Å². The molecule has 4 rings (SSSR count). The molecule has 1 aliphatic heterocycles. The van der Waals surface area contributed by atoms with Crippen molar-refractivity contribution in [2.75, 3.05) is 26.2 Å². The van der Waals surface area contributed by atoms with Gasteiger partial charge < -0.3 is 4.42 Å². The molecule has 0 saturated carbocycles. The summed E-state index contributed by atoms with van der Waals surface area (Å²) in [7, 11) is 0. The Kier molecular flexibility index (Phi) is 5.76. The Hall–Kier alpha value is -3.01. The van der Waals surface area contributed by atoms with E-state index in [1.165, 1.54) is 5.56 Å². The SMILES string of the molecule is N#Cc1ccc(CN2CCCN(Cc3nnc(-c4ccccc4)o3)CC2)cc1. The number of benzene rings is 2. The zero-order valence-corrected chi connectivity index (χ0v) is 15.8. The van der Waals surface area contributed by atoms with Crippen LogP contribution in [0.2, 0.25) is 0 Å². The minimum Gasteiger partial charge on any atom is -0.419 e. The summed E-state index contributed by atoms with van der Waals surface area (Å²) in [5, 5.41) is 17.3. The Labute approximate surface area is 165 Å². The molecule has 6 nitrogen and oxygen atoms in total. The predicted molar refractivity (Wildman–Crippen MR) is 106 cm³/mol. The van der Waals surface area contributed by atoms with Gasteiger partial charge in [0.25, 0.3) is 0 Å². The van der Waals surface area contributed by atoms with E-state index in [1.807, 2.05) is 54.6 Å². The van der Waals surface area contributed by atoms with E-state index >= 15 is 0 Å². The summed E-state index contributed by atoms with van der Waals surface area (Å²) in [4.78, 5) is 4.84. The maximum Gasteiger partial charge on any atom is 0.247 e. The van der Waals surface area contributed by atoms with Gasteiger partial charge in [-0.3, -0.25) is 9.80 Å². The molecule has 1 saturated heterocycles. The van der Waals surface area contributed by atoms with Crippen LogP contribution in [0.15, 0.2) is 59.0 Å². The smallest absolute Gasteiger partial charge is 0.247 e. The second-order valence-electron chi connectivity index (χ2n) is 7.08. The van der Waals surface area contributed by atoms with Crippen LogP contribution in [0.4, 0.5) is 0 Å². The molecule has 1 aliphatic rings. The highest BCUT2D eigenvalue weighted by atomic mass is 16.4. The fraction of sp³-hybridized carbons (Fsp3) is 0.318. The Morgan fingerprint density at radius 3 is 2.29 bits per heavy atom. The zero-order chi connectivity index (χ0) is 19.2. The molecule has 0 unspecified atom stereocenters. The molecule has 6 heteroatoms. The Morgan fingerprint density at radius 2 is 1.57 bits per heavy atom. The summed E-state index contributed by atoms with van der Waals surface area (Å²) >= 11 is 0. The first kappa shape index (κ1) is 18.4. The van der Waals surface area contributed by atoms with Crippen LogP contribution in [0, 0.1) is 11.3 Å². The van der Waals surface area contributed by atoms with Crippen molar-refractivity contribution in [3.8, 4) is 17.5 Å². The van der Waals surface area contributed by atoms with E-state index in [-0.39, 0.29) is 0 Å². The molecule has 2 aromatic carbocycles. The van der Waals surface area contributed by atoms with Gasteiger partial charge in [0.2, 0.25) is 11.8 Å². The normalized spacial score (nSPS) is 15.8. The van der Waals surface area contributed by atoms with E-state index < -0.39 is 0 Å². The lowest BCUT2D eigenvalue weighted by Gasteiger charge is -2.21. The number of nitriles is 1. The highest BCUT2D eigenvalue weighted by Crippen LogP contribution is 2.18. The molecule has 28 heavy (non-hydrogen) atoms. The molecule has 0 bridgehead atoms. The lowest BCUT2D eigenvalue weighted by atomic mass is 10.1. The monoisotopic (exact) mass is 373 g/mol. The first-order valence-electron chi connectivity index (χ1n) is 9.62. The number of hydrogen-bond donors (Lipinski definition) is 0. The van der Waals surface area contributed by atoms with Gasteiger partial charge in [0, 0.05) is 25.2 Å². The molecule has 1 aromatic heterocycles. The summed E-state index contributed by atoms with van der Waals surface area (Å²) < 4.78 is 5.85. The van der Waals surface area contributed by atoms with Crippen molar-refractivity contribution >= 4 is 0 Å². The lowest BCUT2D eigenvalue weighted by Crippen LogP contribution is -2.30. The van der Waals surface area contributed by atoms with E-state index in [4.69, 9.17) is 9.68 Å². The molecular weight excluding hydrogens is 350 g/mol. The number of rotatable bonds is 5. The number of hydrogen-bond acceptors (Lipinski definition) is 6. The summed E-state index contributed by atoms with van der Waals surface area (Å²) in [5.41, 5.74) is 2.91. The van der Waals surface area contributed by atoms with Gasteiger partial charge in [-0.2, -0.15) is 5.26 Å². The van der Waals surface area contributed by atoms with Gasteiger partial charge in [0.1, 0.15) is 0 Å². The molecule has 3 aromatic rings. The fourth-order valence-corrected chi connectivity index (χ4v) is 3.49. The Balaban J connectivity index is 1.32. The third-order valence-corrected chi connectivity index (χ3v) is 5.02. The molecule has 0 amide bonds. The van der Waals surface area contributed by atoms with E-state index in [1.54, 1.807) is 0 Å². The van der Waals surface area contributed by atoms with Gasteiger partial charge in [0.05, 0.1) is 18.2 Å². The maximum atomic E-state index is 8.92. The lowest BCUT2D eigenvalue weighted by molar-refractivity contribution is 0.232. The third kappa shape index (κ3) is 4.63. The van der Waals surface area contributed by atoms with Crippen LogP contribution in [0.25, 0.3) is 11.5 Å². The third-order valence-electron chi connectivity index (χ3n) is 5.02. The van der Waals surface area contributed by atoms with Crippen LogP contribution in [0.5, 0.6) is 0 Å².